The van der Waals surface area contributed by atoms with E-state index in [1.165, 1.54) is 5.56 Å². The number of hydrogen-bond donors (Lipinski definition) is 1. The van der Waals surface area contributed by atoms with Gasteiger partial charge in [-0.2, -0.15) is 0 Å². The molecular formula is C22H33N3O2. The zero-order valence-electron chi connectivity index (χ0n) is 16.7. The Morgan fingerprint density at radius 1 is 1.11 bits per heavy atom. The quantitative estimate of drug-likeness (QED) is 0.837. The van der Waals surface area contributed by atoms with Gasteiger partial charge in [-0.25, -0.2) is 0 Å². The van der Waals surface area contributed by atoms with Crippen molar-refractivity contribution >= 4 is 11.8 Å². The molecule has 5 nitrogen and oxygen atoms in total. The van der Waals surface area contributed by atoms with Crippen molar-refractivity contribution in [2.75, 3.05) is 26.2 Å². The predicted molar refractivity (Wildman–Crippen MR) is 107 cm³/mol. The summed E-state index contributed by atoms with van der Waals surface area (Å²) in [7, 11) is 0. The monoisotopic (exact) mass is 371 g/mol. The topological polar surface area (TPSA) is 52.7 Å². The lowest BCUT2D eigenvalue weighted by atomic mass is 9.87. The minimum atomic E-state index is 0.131. The van der Waals surface area contributed by atoms with Crippen molar-refractivity contribution in [1.82, 2.24) is 15.1 Å². The van der Waals surface area contributed by atoms with Crippen molar-refractivity contribution < 1.29 is 9.59 Å². The van der Waals surface area contributed by atoms with E-state index in [2.05, 4.69) is 47.5 Å². The second-order valence-electron chi connectivity index (χ2n) is 7.95. The molecule has 0 aromatic heterocycles. The zero-order valence-corrected chi connectivity index (χ0v) is 16.7. The molecule has 0 spiro atoms. The van der Waals surface area contributed by atoms with Gasteiger partial charge in [-0.3, -0.25) is 14.5 Å². The van der Waals surface area contributed by atoms with E-state index in [1.807, 2.05) is 4.90 Å². The molecule has 0 aliphatic carbocycles. The molecule has 2 saturated heterocycles. The second-order valence-corrected chi connectivity index (χ2v) is 7.95. The van der Waals surface area contributed by atoms with Gasteiger partial charge in [-0.05, 0) is 50.1 Å². The lowest BCUT2D eigenvalue weighted by molar-refractivity contribution is -0.130. The summed E-state index contributed by atoms with van der Waals surface area (Å²) in [5, 5.41) is 3.20. The maximum atomic E-state index is 12.6. The highest BCUT2D eigenvalue weighted by atomic mass is 16.2. The number of amides is 2. The van der Waals surface area contributed by atoms with Crippen LogP contribution in [0.1, 0.15) is 57.4 Å². The van der Waals surface area contributed by atoms with Crippen molar-refractivity contribution in [3.05, 3.63) is 35.9 Å². The van der Waals surface area contributed by atoms with E-state index in [1.54, 1.807) is 6.92 Å². The van der Waals surface area contributed by atoms with Crippen LogP contribution in [0.2, 0.25) is 0 Å². The van der Waals surface area contributed by atoms with Gasteiger partial charge in [0.25, 0.3) is 0 Å². The van der Waals surface area contributed by atoms with E-state index in [0.717, 1.165) is 51.7 Å². The molecule has 3 rings (SSSR count). The summed E-state index contributed by atoms with van der Waals surface area (Å²) in [5.74, 6) is 0.748. The van der Waals surface area contributed by atoms with Crippen molar-refractivity contribution in [2.45, 2.75) is 64.0 Å². The molecule has 2 atom stereocenters. The molecule has 0 saturated carbocycles. The van der Waals surface area contributed by atoms with Crippen molar-refractivity contribution in [1.29, 1.82) is 0 Å². The molecule has 2 amide bonds. The van der Waals surface area contributed by atoms with Crippen LogP contribution in [0.5, 0.6) is 0 Å². The van der Waals surface area contributed by atoms with Gasteiger partial charge in [0.15, 0.2) is 0 Å². The Kier molecular flexibility index (Phi) is 6.89. The number of carbonyl (C=O) groups is 2. The average Bonchev–Trinajstić information content (AvgIpc) is 3.11. The number of carbonyl (C=O) groups excluding carboxylic acids is 2. The Balaban J connectivity index is 1.53. The first-order chi connectivity index (χ1) is 13.1. The number of likely N-dealkylation sites (tertiary alicyclic amines) is 2. The molecule has 0 bridgehead atoms. The molecule has 2 aliphatic rings. The molecule has 1 aromatic rings. The van der Waals surface area contributed by atoms with Crippen LogP contribution < -0.4 is 5.32 Å². The largest absolute Gasteiger partial charge is 0.352 e. The fourth-order valence-electron chi connectivity index (χ4n) is 4.73. The summed E-state index contributed by atoms with van der Waals surface area (Å²) in [4.78, 5) is 28.3. The number of nitrogens with one attached hydrogen (secondary N) is 1. The summed E-state index contributed by atoms with van der Waals surface area (Å²) in [6.07, 6.45) is 5.14. The van der Waals surface area contributed by atoms with Crippen LogP contribution in [0.15, 0.2) is 30.3 Å². The highest BCUT2D eigenvalue weighted by Gasteiger charge is 2.33. The molecular weight excluding hydrogens is 338 g/mol. The lowest BCUT2D eigenvalue weighted by Crippen LogP contribution is -2.49. The van der Waals surface area contributed by atoms with Gasteiger partial charge in [0.2, 0.25) is 11.8 Å². The van der Waals surface area contributed by atoms with Crippen LogP contribution in [0.4, 0.5) is 0 Å². The van der Waals surface area contributed by atoms with Crippen LogP contribution >= 0.6 is 0 Å². The van der Waals surface area contributed by atoms with E-state index in [0.29, 0.717) is 18.5 Å². The number of hydrogen-bond acceptors (Lipinski definition) is 3. The molecule has 2 heterocycles. The average molecular weight is 372 g/mol. The smallest absolute Gasteiger partial charge is 0.234 e. The first-order valence-corrected chi connectivity index (χ1v) is 10.4. The summed E-state index contributed by atoms with van der Waals surface area (Å²) >= 11 is 0. The molecule has 27 heavy (non-hydrogen) atoms. The molecule has 2 aliphatic heterocycles. The van der Waals surface area contributed by atoms with Gasteiger partial charge in [0, 0.05) is 32.1 Å². The molecule has 1 aromatic carbocycles. The lowest BCUT2D eigenvalue weighted by Gasteiger charge is -2.33. The third-order valence-corrected chi connectivity index (χ3v) is 6.20. The van der Waals surface area contributed by atoms with Crippen LogP contribution in [-0.2, 0) is 9.59 Å². The Labute approximate surface area is 163 Å². The summed E-state index contributed by atoms with van der Waals surface area (Å²) in [5.41, 5.74) is 1.38. The van der Waals surface area contributed by atoms with Crippen LogP contribution in [0.3, 0.4) is 0 Å². The summed E-state index contributed by atoms with van der Waals surface area (Å²) in [6.45, 7) is 6.85. The molecule has 0 unspecified atom stereocenters. The normalized spacial score (nSPS) is 22.6. The van der Waals surface area contributed by atoms with Crippen LogP contribution in [0, 0.1) is 0 Å². The Hall–Kier alpha value is -1.88. The number of nitrogens with zero attached hydrogens (tertiary/aromatic N) is 2. The Morgan fingerprint density at radius 2 is 1.81 bits per heavy atom. The highest BCUT2D eigenvalue weighted by molar-refractivity contribution is 5.78. The number of benzene rings is 1. The zero-order chi connectivity index (χ0) is 19.2. The first kappa shape index (κ1) is 19.9. The highest BCUT2D eigenvalue weighted by Crippen LogP contribution is 2.33. The van der Waals surface area contributed by atoms with Crippen molar-refractivity contribution in [3.8, 4) is 0 Å². The number of rotatable bonds is 6. The van der Waals surface area contributed by atoms with Gasteiger partial charge in [-0.15, -0.1) is 0 Å². The minimum Gasteiger partial charge on any atom is -0.352 e. The van der Waals surface area contributed by atoms with Crippen molar-refractivity contribution in [2.24, 2.45) is 0 Å². The van der Waals surface area contributed by atoms with Gasteiger partial charge in [0.1, 0.15) is 0 Å². The SMILES string of the molecule is CC[C@@H](c1ccccc1)[C@H]1CCCN1CC(=O)NC1CCN(C(C)=O)CC1. The minimum absolute atomic E-state index is 0.131. The van der Waals surface area contributed by atoms with Gasteiger partial charge in [0.05, 0.1) is 6.54 Å². The van der Waals surface area contributed by atoms with E-state index < -0.39 is 0 Å². The maximum absolute atomic E-state index is 12.6. The van der Waals surface area contributed by atoms with Gasteiger partial charge in [-0.1, -0.05) is 37.3 Å². The predicted octanol–water partition coefficient (Wildman–Crippen LogP) is 2.77. The van der Waals surface area contributed by atoms with Gasteiger partial charge >= 0.3 is 0 Å². The van der Waals surface area contributed by atoms with E-state index in [9.17, 15) is 9.59 Å². The maximum Gasteiger partial charge on any atom is 0.234 e. The van der Waals surface area contributed by atoms with E-state index in [4.69, 9.17) is 0 Å². The van der Waals surface area contributed by atoms with Crippen molar-refractivity contribution in [3.63, 3.8) is 0 Å². The second kappa shape index (κ2) is 9.36. The van der Waals surface area contributed by atoms with Gasteiger partial charge < -0.3 is 10.2 Å². The molecule has 2 fully saturated rings. The molecule has 0 radical (unpaired) electrons. The molecule has 5 heteroatoms. The first-order valence-electron chi connectivity index (χ1n) is 10.4. The Morgan fingerprint density at radius 3 is 2.44 bits per heavy atom. The Bertz CT molecular complexity index is 626. The van der Waals surface area contributed by atoms with Crippen LogP contribution in [0.25, 0.3) is 0 Å². The molecule has 1 N–H and O–H groups in total. The fraction of sp³-hybridized carbons (Fsp3) is 0.636. The fourth-order valence-corrected chi connectivity index (χ4v) is 4.73. The molecule has 148 valence electrons. The van der Waals surface area contributed by atoms with E-state index in [-0.39, 0.29) is 17.9 Å². The third kappa shape index (κ3) is 5.10. The van der Waals surface area contributed by atoms with Crippen LogP contribution in [-0.4, -0.2) is 59.9 Å². The number of piperidine rings is 1. The summed E-state index contributed by atoms with van der Waals surface area (Å²) in [6, 6.07) is 11.4. The summed E-state index contributed by atoms with van der Waals surface area (Å²) < 4.78 is 0. The van der Waals surface area contributed by atoms with E-state index >= 15 is 0 Å². The third-order valence-electron chi connectivity index (χ3n) is 6.20. The standard InChI is InChI=1S/C22H33N3O2/c1-3-20(18-8-5-4-6-9-18)21-10-7-13-25(21)16-22(27)23-19-11-14-24(15-12-19)17(2)26/h4-6,8-9,19-21H,3,7,10-16H2,1-2H3,(H,23,27)/t20-,21+/m0/s1.